The van der Waals surface area contributed by atoms with E-state index < -0.39 is 26.7 Å². The van der Waals surface area contributed by atoms with Crippen LogP contribution in [0, 0.1) is 0 Å². The first-order valence-electron chi connectivity index (χ1n) is 6.06. The lowest BCUT2D eigenvalue weighted by atomic mass is 10.1. The second-order valence-electron chi connectivity index (χ2n) is 4.24. The lowest BCUT2D eigenvalue weighted by molar-refractivity contribution is 0.127. The maximum absolute atomic E-state index is 12.0. The number of hydrogen-bond acceptors (Lipinski definition) is 5. The molecular weight excluding hydrogens is 296 g/mol. The third-order valence-electron chi connectivity index (χ3n) is 2.55. The van der Waals surface area contributed by atoms with E-state index in [2.05, 4.69) is 0 Å². The average Bonchev–Trinajstić information content (AvgIpc) is 2.24. The van der Waals surface area contributed by atoms with Gasteiger partial charge >= 0.3 is 15.2 Å². The summed E-state index contributed by atoms with van der Waals surface area (Å²) in [6.45, 7) is 1.46. The number of nitrogens with two attached hydrogens (primary N) is 1. The van der Waals surface area contributed by atoms with Gasteiger partial charge in [0.15, 0.2) is 5.40 Å². The quantitative estimate of drug-likeness (QED) is 0.367. The average molecular weight is 319 g/mol. The van der Waals surface area contributed by atoms with Gasteiger partial charge < -0.3 is 30.0 Å². The van der Waals surface area contributed by atoms with E-state index in [1.165, 1.54) is 0 Å². The Hall–Kier alpha value is 0.220. The van der Waals surface area contributed by atoms with Crippen molar-refractivity contribution in [1.29, 1.82) is 0 Å². The summed E-state index contributed by atoms with van der Waals surface area (Å²) in [4.78, 5) is 28.0. The molecule has 10 heteroatoms. The highest BCUT2D eigenvalue weighted by Crippen LogP contribution is 2.64. The van der Waals surface area contributed by atoms with Gasteiger partial charge in [-0.2, -0.15) is 0 Å². The summed E-state index contributed by atoms with van der Waals surface area (Å²) in [6.07, 6.45) is 0.187. The molecule has 116 valence electrons. The van der Waals surface area contributed by atoms with Crippen molar-refractivity contribution in [1.82, 2.24) is 0 Å². The molecule has 3 atom stereocenters. The predicted octanol–water partition coefficient (Wildman–Crippen LogP) is 0.592. The molecule has 0 aliphatic rings. The monoisotopic (exact) mass is 319 g/mol. The van der Waals surface area contributed by atoms with E-state index in [-0.39, 0.29) is 26.0 Å². The Morgan fingerprint density at radius 3 is 2.11 bits per heavy atom. The molecule has 0 spiro atoms. The Morgan fingerprint density at radius 2 is 1.74 bits per heavy atom. The zero-order valence-corrected chi connectivity index (χ0v) is 12.7. The largest absolute Gasteiger partial charge is 0.396 e. The first kappa shape index (κ1) is 19.2. The van der Waals surface area contributed by atoms with Gasteiger partial charge in [0.2, 0.25) is 0 Å². The lowest BCUT2D eigenvalue weighted by Gasteiger charge is -2.26. The van der Waals surface area contributed by atoms with Crippen LogP contribution in [-0.2, 0) is 13.7 Å². The minimum Gasteiger partial charge on any atom is -0.396 e. The summed E-state index contributed by atoms with van der Waals surface area (Å²) in [7, 11) is -9.30. The predicted molar refractivity (Wildman–Crippen MR) is 70.8 cm³/mol. The summed E-state index contributed by atoms with van der Waals surface area (Å²) in [5.41, 5.74) is 5.20. The van der Waals surface area contributed by atoms with E-state index in [9.17, 15) is 14.0 Å². The minimum atomic E-state index is -4.79. The van der Waals surface area contributed by atoms with Crippen LogP contribution < -0.4 is 5.73 Å². The highest BCUT2D eigenvalue weighted by molar-refractivity contribution is 7.71. The van der Waals surface area contributed by atoms with Gasteiger partial charge in [0.05, 0.1) is 6.10 Å². The third-order valence-corrected chi connectivity index (χ3v) is 6.98. The smallest absolute Gasteiger partial charge is 0.343 e. The summed E-state index contributed by atoms with van der Waals surface area (Å²) in [6, 6.07) is 0. The van der Waals surface area contributed by atoms with Gasteiger partial charge in [-0.15, -0.1) is 0 Å². The fourth-order valence-electron chi connectivity index (χ4n) is 1.67. The second kappa shape index (κ2) is 8.49. The van der Waals surface area contributed by atoms with Gasteiger partial charge in [0, 0.05) is 6.61 Å². The zero-order valence-electron chi connectivity index (χ0n) is 10.9. The maximum Gasteiger partial charge on any atom is 0.343 e. The summed E-state index contributed by atoms with van der Waals surface area (Å²) >= 11 is 0. The van der Waals surface area contributed by atoms with Crippen molar-refractivity contribution in [2.45, 2.75) is 44.1 Å². The SMILES string of the molecule is CCCC(CCO)OP(=O)(O)C(CCN)P(=O)(O)O. The van der Waals surface area contributed by atoms with E-state index in [1.54, 1.807) is 0 Å². The molecule has 0 aliphatic heterocycles. The van der Waals surface area contributed by atoms with Crippen LogP contribution in [0.2, 0.25) is 0 Å². The number of hydrogen-bond donors (Lipinski definition) is 5. The van der Waals surface area contributed by atoms with Crippen LogP contribution in [0.5, 0.6) is 0 Å². The molecule has 0 radical (unpaired) electrons. The van der Waals surface area contributed by atoms with Crippen LogP contribution in [-0.4, -0.2) is 44.4 Å². The van der Waals surface area contributed by atoms with Crippen molar-refractivity contribution in [2.24, 2.45) is 5.73 Å². The molecule has 0 saturated carbocycles. The van der Waals surface area contributed by atoms with E-state index in [0.717, 1.165) is 0 Å². The zero-order chi connectivity index (χ0) is 15.1. The highest BCUT2D eigenvalue weighted by atomic mass is 31.2. The molecule has 8 nitrogen and oxygen atoms in total. The van der Waals surface area contributed by atoms with Crippen LogP contribution in [0.3, 0.4) is 0 Å². The van der Waals surface area contributed by atoms with Gasteiger partial charge in [-0.05, 0) is 25.8 Å². The summed E-state index contributed by atoms with van der Waals surface area (Å²) < 4.78 is 28.2. The van der Waals surface area contributed by atoms with Gasteiger partial charge in [0.1, 0.15) is 0 Å². The van der Waals surface area contributed by atoms with Gasteiger partial charge in [-0.3, -0.25) is 9.13 Å². The molecule has 19 heavy (non-hydrogen) atoms. The van der Waals surface area contributed by atoms with Crippen molar-refractivity contribution in [2.75, 3.05) is 13.2 Å². The standard InChI is InChI=1S/C9H23NO7P2/c1-2-3-8(5-7-11)17-19(15,16)9(4-6-10)18(12,13)14/h8-9,11H,2-7,10H2,1H3,(H,15,16)(H2,12,13,14). The molecule has 6 N–H and O–H groups in total. The van der Waals surface area contributed by atoms with Gasteiger partial charge in [-0.25, -0.2) is 0 Å². The van der Waals surface area contributed by atoms with E-state index in [1.807, 2.05) is 6.92 Å². The Bertz CT molecular complexity index is 339. The molecule has 0 heterocycles. The van der Waals surface area contributed by atoms with E-state index >= 15 is 0 Å². The Labute approximate surface area is 112 Å². The highest BCUT2D eigenvalue weighted by Gasteiger charge is 2.45. The van der Waals surface area contributed by atoms with Crippen LogP contribution in [0.1, 0.15) is 32.6 Å². The van der Waals surface area contributed by atoms with Crippen LogP contribution in [0.15, 0.2) is 0 Å². The first-order chi connectivity index (χ1) is 8.69. The Morgan fingerprint density at radius 1 is 1.16 bits per heavy atom. The minimum absolute atomic E-state index is 0.134. The Balaban J connectivity index is 4.98. The maximum atomic E-state index is 12.0. The summed E-state index contributed by atoms with van der Waals surface area (Å²) in [5, 5.41) is 7.02. The normalized spacial score (nSPS) is 18.8. The van der Waals surface area contributed by atoms with E-state index in [0.29, 0.717) is 12.8 Å². The van der Waals surface area contributed by atoms with Gasteiger partial charge in [0.25, 0.3) is 0 Å². The summed E-state index contributed by atoms with van der Waals surface area (Å²) in [5.74, 6) is 0. The molecule has 0 amide bonds. The fraction of sp³-hybridized carbons (Fsp3) is 1.00. The van der Waals surface area contributed by atoms with E-state index in [4.69, 9.17) is 25.2 Å². The van der Waals surface area contributed by atoms with Gasteiger partial charge in [-0.1, -0.05) is 13.3 Å². The molecule has 0 aromatic carbocycles. The topological polar surface area (TPSA) is 150 Å². The molecule has 0 fully saturated rings. The molecule has 0 aliphatic carbocycles. The molecular formula is C9H23NO7P2. The molecule has 0 aromatic rings. The van der Waals surface area contributed by atoms with Crippen molar-refractivity contribution < 1.29 is 33.4 Å². The first-order valence-corrected chi connectivity index (χ1v) is 9.38. The Kier molecular flexibility index (Phi) is 8.59. The van der Waals surface area contributed by atoms with Crippen LogP contribution in [0.25, 0.3) is 0 Å². The van der Waals surface area contributed by atoms with Crippen molar-refractivity contribution in [3.8, 4) is 0 Å². The number of aliphatic hydroxyl groups is 1. The fourth-order valence-corrected chi connectivity index (χ4v) is 5.09. The van der Waals surface area contributed by atoms with Crippen LogP contribution >= 0.6 is 15.2 Å². The van der Waals surface area contributed by atoms with Crippen molar-refractivity contribution in [3.63, 3.8) is 0 Å². The molecule has 0 aromatic heterocycles. The molecule has 0 bridgehead atoms. The molecule has 3 unspecified atom stereocenters. The van der Waals surface area contributed by atoms with Crippen molar-refractivity contribution in [3.05, 3.63) is 0 Å². The second-order valence-corrected chi connectivity index (χ2v) is 8.41. The molecule has 0 rings (SSSR count). The lowest BCUT2D eigenvalue weighted by Crippen LogP contribution is -2.21. The molecule has 0 saturated heterocycles. The van der Waals surface area contributed by atoms with Crippen molar-refractivity contribution >= 4 is 15.2 Å². The third kappa shape index (κ3) is 6.97. The van der Waals surface area contributed by atoms with Crippen LogP contribution in [0.4, 0.5) is 0 Å². The number of aliphatic hydroxyl groups excluding tert-OH is 1. The number of rotatable bonds is 10.